The van der Waals surface area contributed by atoms with E-state index in [4.69, 9.17) is 0 Å². The molecule has 1 atom stereocenters. The van der Waals surface area contributed by atoms with Gasteiger partial charge in [-0.15, -0.1) is 0 Å². The van der Waals surface area contributed by atoms with Gasteiger partial charge in [0.2, 0.25) is 0 Å². The molecule has 1 nitrogen and oxygen atoms in total. The summed E-state index contributed by atoms with van der Waals surface area (Å²) in [7, 11) is 0. The van der Waals surface area contributed by atoms with Gasteiger partial charge in [0.1, 0.15) is 5.82 Å². The molecule has 1 rings (SSSR count). The van der Waals surface area contributed by atoms with Crippen LogP contribution in [-0.2, 0) is 6.42 Å². The minimum absolute atomic E-state index is 0.127. The van der Waals surface area contributed by atoms with Gasteiger partial charge < -0.3 is 5.11 Å². The summed E-state index contributed by atoms with van der Waals surface area (Å²) in [4.78, 5) is 0. The Morgan fingerprint density at radius 1 is 1.33 bits per heavy atom. The predicted molar refractivity (Wildman–Crippen MR) is 60.2 cm³/mol. The first kappa shape index (κ1) is 12.2. The fraction of sp³-hybridized carbons (Fsp3) is 0.538. The monoisotopic (exact) mass is 210 g/mol. The molecule has 0 aliphatic carbocycles. The molecular weight excluding hydrogens is 191 g/mol. The van der Waals surface area contributed by atoms with Gasteiger partial charge in [-0.25, -0.2) is 4.39 Å². The molecule has 0 fully saturated rings. The summed E-state index contributed by atoms with van der Waals surface area (Å²) in [5.74, 6) is -0.105. The maximum absolute atomic E-state index is 13.4. The van der Waals surface area contributed by atoms with E-state index in [0.717, 1.165) is 0 Å². The maximum atomic E-state index is 13.4. The summed E-state index contributed by atoms with van der Waals surface area (Å²) in [6.45, 7) is 5.86. The van der Waals surface area contributed by atoms with Crippen molar-refractivity contribution in [2.45, 2.75) is 39.2 Å². The second-order valence-electron chi connectivity index (χ2n) is 4.38. The first-order valence-corrected chi connectivity index (χ1v) is 5.45. The molecule has 0 radical (unpaired) electrons. The zero-order valence-electron chi connectivity index (χ0n) is 9.63. The van der Waals surface area contributed by atoms with E-state index in [2.05, 4.69) is 0 Å². The highest BCUT2D eigenvalue weighted by molar-refractivity contribution is 5.19. The molecule has 0 aliphatic heterocycles. The van der Waals surface area contributed by atoms with Crippen LogP contribution in [0, 0.1) is 11.7 Å². The lowest BCUT2D eigenvalue weighted by Gasteiger charge is -2.31. The van der Waals surface area contributed by atoms with Gasteiger partial charge in [-0.3, -0.25) is 0 Å². The van der Waals surface area contributed by atoms with E-state index in [0.29, 0.717) is 18.4 Å². The van der Waals surface area contributed by atoms with Crippen molar-refractivity contribution in [2.24, 2.45) is 5.92 Å². The van der Waals surface area contributed by atoms with E-state index >= 15 is 0 Å². The number of halogens is 1. The highest BCUT2D eigenvalue weighted by atomic mass is 19.1. The molecule has 0 spiro atoms. The van der Waals surface area contributed by atoms with E-state index in [1.165, 1.54) is 6.07 Å². The Morgan fingerprint density at radius 3 is 2.40 bits per heavy atom. The molecule has 1 unspecified atom stereocenters. The third kappa shape index (κ3) is 2.78. The maximum Gasteiger partial charge on any atom is 0.126 e. The Hall–Kier alpha value is -0.890. The fourth-order valence-corrected chi connectivity index (χ4v) is 1.71. The Bertz CT molecular complexity index is 322. The van der Waals surface area contributed by atoms with Crippen molar-refractivity contribution in [1.82, 2.24) is 0 Å². The minimum Gasteiger partial charge on any atom is -0.389 e. The van der Waals surface area contributed by atoms with Crippen LogP contribution in [0.4, 0.5) is 4.39 Å². The van der Waals surface area contributed by atoms with Gasteiger partial charge in [-0.1, -0.05) is 39.0 Å². The lowest BCUT2D eigenvalue weighted by Crippen LogP contribution is -2.36. The van der Waals surface area contributed by atoms with Crippen LogP contribution < -0.4 is 0 Å². The average Bonchev–Trinajstić information content (AvgIpc) is 2.21. The molecule has 0 aliphatic rings. The minimum atomic E-state index is -0.803. The van der Waals surface area contributed by atoms with E-state index in [9.17, 15) is 9.50 Å². The Labute approximate surface area is 90.9 Å². The van der Waals surface area contributed by atoms with Crippen molar-refractivity contribution in [1.29, 1.82) is 0 Å². The standard InChI is InChI=1S/C13H19FO/c1-4-13(15,10(2)3)9-11-7-5-6-8-12(11)14/h5-8,10,15H,4,9H2,1-3H3. The molecule has 84 valence electrons. The first-order chi connectivity index (χ1) is 6.99. The van der Waals surface area contributed by atoms with Crippen molar-refractivity contribution in [3.8, 4) is 0 Å². The van der Waals surface area contributed by atoms with Crippen LogP contribution in [0.25, 0.3) is 0 Å². The van der Waals surface area contributed by atoms with Crippen molar-refractivity contribution in [2.75, 3.05) is 0 Å². The van der Waals surface area contributed by atoms with Gasteiger partial charge in [0, 0.05) is 6.42 Å². The third-order valence-corrected chi connectivity index (χ3v) is 3.14. The second kappa shape index (κ2) is 4.75. The lowest BCUT2D eigenvalue weighted by molar-refractivity contribution is -0.00895. The molecule has 0 amide bonds. The van der Waals surface area contributed by atoms with Gasteiger partial charge in [-0.2, -0.15) is 0 Å². The van der Waals surface area contributed by atoms with Crippen LogP contribution in [0.2, 0.25) is 0 Å². The number of aliphatic hydroxyl groups is 1. The SMILES string of the molecule is CCC(O)(Cc1ccccc1F)C(C)C. The Balaban J connectivity index is 2.89. The van der Waals surface area contributed by atoms with Crippen LogP contribution in [0.5, 0.6) is 0 Å². The Morgan fingerprint density at radius 2 is 1.93 bits per heavy atom. The molecule has 0 aromatic heterocycles. The molecule has 1 aromatic rings. The molecule has 0 bridgehead atoms. The summed E-state index contributed by atoms with van der Waals surface area (Å²) in [5.41, 5.74) is -0.210. The molecule has 0 saturated carbocycles. The van der Waals surface area contributed by atoms with E-state index in [1.807, 2.05) is 20.8 Å². The molecule has 15 heavy (non-hydrogen) atoms. The molecular formula is C13H19FO. The van der Waals surface area contributed by atoms with Crippen LogP contribution >= 0.6 is 0 Å². The van der Waals surface area contributed by atoms with E-state index in [1.54, 1.807) is 18.2 Å². The van der Waals surface area contributed by atoms with Crippen molar-refractivity contribution < 1.29 is 9.50 Å². The molecule has 1 aromatic carbocycles. The lowest BCUT2D eigenvalue weighted by atomic mass is 9.82. The van der Waals surface area contributed by atoms with Gasteiger partial charge >= 0.3 is 0 Å². The third-order valence-electron chi connectivity index (χ3n) is 3.14. The topological polar surface area (TPSA) is 20.2 Å². The molecule has 0 saturated heterocycles. The predicted octanol–water partition coefficient (Wildman–Crippen LogP) is 3.17. The van der Waals surface area contributed by atoms with Gasteiger partial charge in [0.25, 0.3) is 0 Å². The largest absolute Gasteiger partial charge is 0.389 e. The quantitative estimate of drug-likeness (QED) is 0.809. The zero-order chi connectivity index (χ0) is 11.5. The molecule has 0 heterocycles. The van der Waals surface area contributed by atoms with Crippen LogP contribution in [-0.4, -0.2) is 10.7 Å². The number of hydrogen-bond acceptors (Lipinski definition) is 1. The summed E-state index contributed by atoms with van der Waals surface area (Å²) in [6, 6.07) is 6.64. The smallest absolute Gasteiger partial charge is 0.126 e. The van der Waals surface area contributed by atoms with Crippen LogP contribution in [0.3, 0.4) is 0 Å². The molecule has 2 heteroatoms. The number of rotatable bonds is 4. The summed E-state index contributed by atoms with van der Waals surface area (Å²) < 4.78 is 13.4. The highest BCUT2D eigenvalue weighted by Gasteiger charge is 2.29. The number of hydrogen-bond donors (Lipinski definition) is 1. The van der Waals surface area contributed by atoms with Crippen molar-refractivity contribution >= 4 is 0 Å². The van der Waals surface area contributed by atoms with Crippen LogP contribution in [0.1, 0.15) is 32.8 Å². The first-order valence-electron chi connectivity index (χ1n) is 5.45. The average molecular weight is 210 g/mol. The Kier molecular flexibility index (Phi) is 3.86. The van der Waals surface area contributed by atoms with Gasteiger partial charge in [0.15, 0.2) is 0 Å². The fourth-order valence-electron chi connectivity index (χ4n) is 1.71. The van der Waals surface area contributed by atoms with Gasteiger partial charge in [0.05, 0.1) is 5.60 Å². The highest BCUT2D eigenvalue weighted by Crippen LogP contribution is 2.26. The normalized spacial score (nSPS) is 15.3. The van der Waals surface area contributed by atoms with Crippen molar-refractivity contribution in [3.63, 3.8) is 0 Å². The summed E-state index contributed by atoms with van der Waals surface area (Å²) in [5, 5.41) is 10.3. The van der Waals surface area contributed by atoms with Gasteiger partial charge in [-0.05, 0) is 24.0 Å². The number of benzene rings is 1. The summed E-state index contributed by atoms with van der Waals surface area (Å²) >= 11 is 0. The summed E-state index contributed by atoms with van der Waals surface area (Å²) in [6.07, 6.45) is 1.02. The molecule has 1 N–H and O–H groups in total. The van der Waals surface area contributed by atoms with E-state index < -0.39 is 5.60 Å². The van der Waals surface area contributed by atoms with E-state index in [-0.39, 0.29) is 11.7 Å². The van der Waals surface area contributed by atoms with Crippen LogP contribution in [0.15, 0.2) is 24.3 Å². The zero-order valence-corrected chi connectivity index (χ0v) is 9.63. The van der Waals surface area contributed by atoms with Crippen molar-refractivity contribution in [3.05, 3.63) is 35.6 Å². The second-order valence-corrected chi connectivity index (χ2v) is 4.38.